The number of benzene rings is 10. The molecule has 4 nitrogen and oxygen atoms in total. The first-order valence-electron chi connectivity index (χ1n) is 22.2. The van der Waals surface area contributed by atoms with Gasteiger partial charge >= 0.3 is 0 Å². The minimum absolute atomic E-state index is 0.574. The van der Waals surface area contributed by atoms with Crippen LogP contribution in [0.2, 0.25) is 0 Å². The molecule has 13 aromatic rings. The van der Waals surface area contributed by atoms with Crippen molar-refractivity contribution >= 4 is 64.2 Å². The fourth-order valence-corrected chi connectivity index (χ4v) is 10.6. The molecule has 0 amide bonds. The van der Waals surface area contributed by atoms with Crippen molar-refractivity contribution in [2.45, 2.75) is 0 Å². The number of fused-ring (bicyclic) bond motifs is 7. The largest absolute Gasteiger partial charge is 0.456 e. The Morgan fingerprint density at radius 3 is 1.48 bits per heavy atom. The van der Waals surface area contributed by atoms with Crippen LogP contribution in [0.5, 0.6) is 0 Å². The maximum atomic E-state index is 6.92. The number of nitrogens with zero attached hydrogens (tertiary/aromatic N) is 3. The number of thiophene rings is 1. The first-order chi connectivity index (χ1) is 32.7. The minimum atomic E-state index is 0.574. The Balaban J connectivity index is 1.09. The normalized spacial score (nSPS) is 11.6. The molecule has 13 rings (SSSR count). The minimum Gasteiger partial charge on any atom is -0.456 e. The smallest absolute Gasteiger partial charge is 0.165 e. The summed E-state index contributed by atoms with van der Waals surface area (Å²) >= 11 is 1.78. The van der Waals surface area contributed by atoms with Crippen LogP contribution in [0.15, 0.2) is 229 Å². The molecule has 0 fully saturated rings. The number of hydrogen-bond donors (Lipinski definition) is 0. The van der Waals surface area contributed by atoms with E-state index in [1.54, 1.807) is 11.3 Å². The first kappa shape index (κ1) is 38.0. The predicted octanol–water partition coefficient (Wildman–Crippen LogP) is 17.0. The van der Waals surface area contributed by atoms with Gasteiger partial charge in [-0.05, 0) is 110 Å². The average Bonchev–Trinajstić information content (AvgIpc) is 3.96. The second-order valence-electron chi connectivity index (χ2n) is 16.8. The van der Waals surface area contributed by atoms with Crippen molar-refractivity contribution in [3.05, 3.63) is 224 Å². The van der Waals surface area contributed by atoms with Crippen molar-refractivity contribution in [1.29, 1.82) is 0 Å². The Bertz CT molecular complexity index is 3910. The van der Waals surface area contributed by atoms with Gasteiger partial charge in [0.05, 0.1) is 0 Å². The summed E-state index contributed by atoms with van der Waals surface area (Å²) in [6, 6.07) is 79.4. The van der Waals surface area contributed by atoms with E-state index < -0.39 is 0 Å². The van der Waals surface area contributed by atoms with Gasteiger partial charge in [0.2, 0.25) is 0 Å². The van der Waals surface area contributed by atoms with E-state index in [2.05, 4.69) is 218 Å². The highest BCUT2D eigenvalue weighted by molar-refractivity contribution is 7.26. The molecule has 10 aromatic carbocycles. The van der Waals surface area contributed by atoms with Gasteiger partial charge in [-0.3, -0.25) is 0 Å². The Morgan fingerprint density at radius 1 is 0.303 bits per heavy atom. The van der Waals surface area contributed by atoms with Crippen LogP contribution in [-0.4, -0.2) is 15.0 Å². The maximum absolute atomic E-state index is 6.92. The first-order valence-corrected chi connectivity index (χ1v) is 23.0. The molecular formula is C61H37N3OS. The lowest BCUT2D eigenvalue weighted by Crippen LogP contribution is -2.01. The summed E-state index contributed by atoms with van der Waals surface area (Å²) in [5.41, 5.74) is 13.2. The zero-order valence-electron chi connectivity index (χ0n) is 35.5. The second-order valence-corrected chi connectivity index (χ2v) is 17.8. The van der Waals surface area contributed by atoms with E-state index in [0.29, 0.717) is 17.5 Å². The van der Waals surface area contributed by atoms with Crippen LogP contribution >= 0.6 is 11.3 Å². The Kier molecular flexibility index (Phi) is 9.00. The zero-order chi connectivity index (χ0) is 43.6. The van der Waals surface area contributed by atoms with E-state index in [-0.39, 0.29) is 0 Å². The van der Waals surface area contributed by atoms with Crippen LogP contribution in [0.4, 0.5) is 0 Å². The third kappa shape index (κ3) is 6.64. The fourth-order valence-electron chi connectivity index (χ4n) is 9.43. The number of hydrogen-bond acceptors (Lipinski definition) is 5. The monoisotopic (exact) mass is 859 g/mol. The lowest BCUT2D eigenvalue weighted by atomic mass is 9.91. The predicted molar refractivity (Wildman–Crippen MR) is 276 cm³/mol. The molecule has 0 unspecified atom stereocenters. The summed E-state index contributed by atoms with van der Waals surface area (Å²) in [6.45, 7) is 0. The molecule has 5 heteroatoms. The summed E-state index contributed by atoms with van der Waals surface area (Å²) in [4.78, 5) is 16.2. The third-order valence-corrected chi connectivity index (χ3v) is 13.9. The molecule has 0 spiro atoms. The lowest BCUT2D eigenvalue weighted by Gasteiger charge is -2.14. The zero-order valence-corrected chi connectivity index (χ0v) is 36.3. The maximum Gasteiger partial charge on any atom is 0.165 e. The Hall–Kier alpha value is -8.51. The van der Waals surface area contributed by atoms with Gasteiger partial charge in [-0.2, -0.15) is 0 Å². The molecule has 0 saturated heterocycles. The van der Waals surface area contributed by atoms with Gasteiger partial charge in [0.25, 0.3) is 0 Å². The van der Waals surface area contributed by atoms with Crippen LogP contribution in [0.3, 0.4) is 0 Å². The third-order valence-electron chi connectivity index (χ3n) is 12.7. The van der Waals surface area contributed by atoms with Crippen molar-refractivity contribution in [2.24, 2.45) is 0 Å². The summed E-state index contributed by atoms with van der Waals surface area (Å²) in [5.74, 6) is 1.79. The number of rotatable bonds is 7. The van der Waals surface area contributed by atoms with Crippen LogP contribution in [0.1, 0.15) is 0 Å². The molecule has 0 aliphatic carbocycles. The summed E-state index contributed by atoms with van der Waals surface area (Å²) in [7, 11) is 0. The molecule has 0 aliphatic heterocycles. The summed E-state index contributed by atoms with van der Waals surface area (Å²) in [6.07, 6.45) is 0. The van der Waals surface area contributed by atoms with Crippen molar-refractivity contribution in [3.63, 3.8) is 0 Å². The highest BCUT2D eigenvalue weighted by atomic mass is 32.1. The van der Waals surface area contributed by atoms with Gasteiger partial charge in [-0.25, -0.2) is 15.0 Å². The van der Waals surface area contributed by atoms with E-state index in [9.17, 15) is 0 Å². The van der Waals surface area contributed by atoms with E-state index in [1.165, 1.54) is 15.5 Å². The van der Waals surface area contributed by atoms with Gasteiger partial charge in [-0.1, -0.05) is 170 Å². The molecule has 0 radical (unpaired) electrons. The Morgan fingerprint density at radius 2 is 0.803 bits per heavy atom. The van der Waals surface area contributed by atoms with E-state index in [4.69, 9.17) is 19.4 Å². The van der Waals surface area contributed by atoms with Gasteiger partial charge in [0.1, 0.15) is 11.2 Å². The van der Waals surface area contributed by atoms with E-state index in [1.807, 2.05) is 6.07 Å². The van der Waals surface area contributed by atoms with E-state index in [0.717, 1.165) is 98.6 Å². The molecular weight excluding hydrogens is 823 g/mol. The average molecular weight is 860 g/mol. The van der Waals surface area contributed by atoms with Crippen LogP contribution in [-0.2, 0) is 0 Å². The fraction of sp³-hybridized carbons (Fsp3) is 0. The van der Waals surface area contributed by atoms with Gasteiger partial charge in [0, 0.05) is 47.6 Å². The second kappa shape index (κ2) is 15.6. The quantitative estimate of drug-likeness (QED) is 0.160. The molecule has 0 N–H and O–H groups in total. The van der Waals surface area contributed by atoms with Gasteiger partial charge in [-0.15, -0.1) is 11.3 Å². The van der Waals surface area contributed by atoms with Crippen molar-refractivity contribution in [1.82, 2.24) is 15.0 Å². The van der Waals surface area contributed by atoms with Gasteiger partial charge < -0.3 is 4.42 Å². The standard InChI is InChI=1S/C61H37N3OS/c1-4-15-38(16-5-1)41-27-29-42(30-28-41)59-62-60(51-25-14-24-50-49-23-12-13-26-56(49)66-58(50)51)64-61(63-59)53-35-48(37-55-57(53)52-34-43-21-10-11-22-44(43)36-54(52)65-55)47-32-45(39-17-6-2-7-18-39)31-46(33-47)40-19-8-3-9-20-40/h1-37H. The number of furan rings is 1. The molecule has 0 atom stereocenters. The summed E-state index contributed by atoms with van der Waals surface area (Å²) in [5, 5.41) is 6.64. The van der Waals surface area contributed by atoms with Crippen molar-refractivity contribution < 1.29 is 4.42 Å². The molecule has 0 saturated carbocycles. The molecule has 3 aromatic heterocycles. The molecule has 0 aliphatic rings. The Labute approximate surface area is 384 Å². The lowest BCUT2D eigenvalue weighted by molar-refractivity contribution is 0.669. The molecule has 308 valence electrons. The topological polar surface area (TPSA) is 51.8 Å². The summed E-state index contributed by atoms with van der Waals surface area (Å²) < 4.78 is 9.29. The van der Waals surface area contributed by atoms with Crippen LogP contribution in [0, 0.1) is 0 Å². The van der Waals surface area contributed by atoms with Crippen molar-refractivity contribution in [3.8, 4) is 78.7 Å². The van der Waals surface area contributed by atoms with E-state index >= 15 is 0 Å². The molecule has 66 heavy (non-hydrogen) atoms. The molecule has 3 heterocycles. The number of aromatic nitrogens is 3. The highest BCUT2D eigenvalue weighted by Gasteiger charge is 2.22. The van der Waals surface area contributed by atoms with Crippen LogP contribution in [0.25, 0.3) is 132 Å². The molecule has 0 bridgehead atoms. The van der Waals surface area contributed by atoms with Crippen molar-refractivity contribution in [2.75, 3.05) is 0 Å². The van der Waals surface area contributed by atoms with Gasteiger partial charge in [0.15, 0.2) is 17.5 Å². The highest BCUT2D eigenvalue weighted by Crippen LogP contribution is 2.44. The van der Waals surface area contributed by atoms with Crippen LogP contribution < -0.4 is 0 Å². The SMILES string of the molecule is c1ccc(-c2ccc(-c3nc(-c4cccc5c4sc4ccccc45)nc(-c4cc(-c5cc(-c6ccccc6)cc(-c6ccccc6)c5)cc5oc6cc7ccccc7cc6c45)n3)cc2)cc1.